The van der Waals surface area contributed by atoms with Crippen LogP contribution < -0.4 is 0 Å². The van der Waals surface area contributed by atoms with E-state index in [0.717, 1.165) is 22.4 Å². The molecule has 1 heterocycles. The van der Waals surface area contributed by atoms with Gasteiger partial charge in [0.25, 0.3) is 0 Å². The molecule has 0 fully saturated rings. The highest BCUT2D eigenvalue weighted by Crippen LogP contribution is 2.26. The van der Waals surface area contributed by atoms with Crippen molar-refractivity contribution in [2.75, 3.05) is 6.26 Å². The Labute approximate surface area is 121 Å². The maximum atomic E-state index is 11.6. The van der Waals surface area contributed by atoms with Crippen LogP contribution in [0.15, 0.2) is 18.2 Å². The topological polar surface area (TPSA) is 34.9 Å². The van der Waals surface area contributed by atoms with Gasteiger partial charge in [0.1, 0.15) is 5.82 Å². The second-order valence-corrected chi connectivity index (χ2v) is 7.41. The van der Waals surface area contributed by atoms with Crippen molar-refractivity contribution in [1.29, 1.82) is 0 Å². The third-order valence-electron chi connectivity index (χ3n) is 3.37. The fraction of sp³-hybridized carbons (Fsp3) is 0.500. The molecule has 0 amide bonds. The maximum Gasteiger partial charge on any atom is 0.127 e. The van der Waals surface area contributed by atoms with Crippen LogP contribution in [0.25, 0.3) is 11.0 Å². The van der Waals surface area contributed by atoms with Crippen molar-refractivity contribution in [3.63, 3.8) is 0 Å². The predicted molar refractivity (Wildman–Crippen MR) is 82.3 cm³/mol. The minimum Gasteiger partial charge on any atom is -0.326 e. The molecule has 0 spiro atoms. The number of alkyl halides is 1. The summed E-state index contributed by atoms with van der Waals surface area (Å²) in [7, 11) is -0.856. The zero-order valence-corrected chi connectivity index (χ0v) is 13.3. The van der Waals surface area contributed by atoms with Gasteiger partial charge in [-0.15, -0.1) is 11.6 Å². The molecule has 3 atom stereocenters. The monoisotopic (exact) mass is 298 g/mol. The molecule has 0 aliphatic rings. The molecule has 0 saturated heterocycles. The number of fused-ring (bicyclic) bond motifs is 1. The minimum atomic E-state index is -0.856. The fourth-order valence-corrected chi connectivity index (χ4v) is 2.69. The lowest BCUT2D eigenvalue weighted by atomic mass is 10.2. The molecule has 0 N–H and O–H groups in total. The molecule has 0 radical (unpaired) electrons. The van der Waals surface area contributed by atoms with Crippen LogP contribution in [-0.2, 0) is 17.3 Å². The van der Waals surface area contributed by atoms with E-state index in [4.69, 9.17) is 11.6 Å². The van der Waals surface area contributed by atoms with Crippen LogP contribution in [0.4, 0.5) is 0 Å². The van der Waals surface area contributed by atoms with E-state index in [9.17, 15) is 4.21 Å². The number of nitrogens with zero attached hydrogens (tertiary/aromatic N) is 2. The van der Waals surface area contributed by atoms with E-state index in [0.29, 0.717) is 6.54 Å². The lowest BCUT2D eigenvalue weighted by Crippen LogP contribution is -2.19. The van der Waals surface area contributed by atoms with Crippen molar-refractivity contribution in [1.82, 2.24) is 9.55 Å². The maximum absolute atomic E-state index is 11.6. The molecule has 0 bridgehead atoms. The van der Waals surface area contributed by atoms with E-state index in [1.807, 2.05) is 39.0 Å². The van der Waals surface area contributed by atoms with Crippen LogP contribution in [0, 0.1) is 6.92 Å². The summed E-state index contributed by atoms with van der Waals surface area (Å²) in [6, 6.07) is 6.11. The zero-order chi connectivity index (χ0) is 14.2. The minimum absolute atomic E-state index is 0.0760. The molecule has 2 aromatic rings. The third kappa shape index (κ3) is 2.84. The predicted octanol–water partition coefficient (Wildman–Crippen LogP) is 3.41. The second kappa shape index (κ2) is 5.63. The Kier molecular flexibility index (Phi) is 4.31. The first kappa shape index (κ1) is 14.5. The molecule has 5 heteroatoms. The van der Waals surface area contributed by atoms with Crippen LogP contribution >= 0.6 is 11.6 Å². The van der Waals surface area contributed by atoms with Crippen molar-refractivity contribution < 1.29 is 4.21 Å². The molecular formula is C14H19ClN2OS. The first-order valence-corrected chi connectivity index (χ1v) is 8.39. The summed E-state index contributed by atoms with van der Waals surface area (Å²) in [5.74, 6) is 0.850. The number of hydrogen-bond acceptors (Lipinski definition) is 2. The average molecular weight is 299 g/mol. The number of aryl methyl sites for hydroxylation is 1. The smallest absolute Gasteiger partial charge is 0.127 e. The van der Waals surface area contributed by atoms with Gasteiger partial charge in [0.2, 0.25) is 0 Å². The van der Waals surface area contributed by atoms with Crippen molar-refractivity contribution >= 4 is 33.4 Å². The van der Waals surface area contributed by atoms with Gasteiger partial charge in [0, 0.05) is 28.9 Å². The summed E-state index contributed by atoms with van der Waals surface area (Å²) in [5, 5.41) is -0.0867. The van der Waals surface area contributed by atoms with E-state index in [2.05, 4.69) is 9.55 Å². The highest BCUT2D eigenvalue weighted by Gasteiger charge is 2.18. The Hall–Kier alpha value is -0.870. The number of rotatable bonds is 4. The Balaban J connectivity index is 2.59. The first-order valence-electron chi connectivity index (χ1n) is 6.34. The van der Waals surface area contributed by atoms with Crippen molar-refractivity contribution in [2.45, 2.75) is 37.9 Å². The van der Waals surface area contributed by atoms with Gasteiger partial charge in [-0.2, -0.15) is 0 Å². The molecule has 0 aliphatic heterocycles. The number of halogens is 1. The Morgan fingerprint density at radius 1 is 1.42 bits per heavy atom. The highest BCUT2D eigenvalue weighted by molar-refractivity contribution is 7.84. The van der Waals surface area contributed by atoms with E-state index in [1.54, 1.807) is 6.26 Å². The molecule has 3 nitrogen and oxygen atoms in total. The molecule has 1 aromatic carbocycles. The fourth-order valence-electron chi connectivity index (χ4n) is 2.16. The Morgan fingerprint density at radius 3 is 2.68 bits per heavy atom. The van der Waals surface area contributed by atoms with Gasteiger partial charge in [0.15, 0.2) is 0 Å². The van der Waals surface area contributed by atoms with E-state index in [1.165, 1.54) is 0 Å². The average Bonchev–Trinajstić information content (AvgIpc) is 2.70. The summed E-state index contributed by atoms with van der Waals surface area (Å²) in [5.41, 5.74) is 3.19. The Morgan fingerprint density at radius 2 is 2.11 bits per heavy atom. The van der Waals surface area contributed by atoms with E-state index in [-0.39, 0.29) is 10.6 Å². The molecule has 1 aromatic heterocycles. The molecule has 19 heavy (non-hydrogen) atoms. The van der Waals surface area contributed by atoms with Gasteiger partial charge in [-0.05, 0) is 32.4 Å². The Bertz CT molecular complexity index is 621. The summed E-state index contributed by atoms with van der Waals surface area (Å²) >= 11 is 6.24. The summed E-state index contributed by atoms with van der Waals surface area (Å²) in [4.78, 5) is 4.66. The second-order valence-electron chi connectivity index (χ2n) is 4.95. The van der Waals surface area contributed by atoms with Crippen LogP contribution in [0.5, 0.6) is 0 Å². The van der Waals surface area contributed by atoms with Gasteiger partial charge in [-0.3, -0.25) is 4.21 Å². The molecule has 2 rings (SSSR count). The molecule has 3 unspecified atom stereocenters. The van der Waals surface area contributed by atoms with Gasteiger partial charge >= 0.3 is 0 Å². The van der Waals surface area contributed by atoms with Gasteiger partial charge in [0.05, 0.1) is 16.4 Å². The highest BCUT2D eigenvalue weighted by atomic mass is 35.5. The standard InChI is InChI=1S/C14H19ClN2OS/c1-9-6-5-7-12-13(9)16-14(11(3)15)17(12)8-10(2)19(4)18/h5-7,10-11H,8H2,1-4H3. The molecule has 0 saturated carbocycles. The van der Waals surface area contributed by atoms with Crippen molar-refractivity contribution in [3.8, 4) is 0 Å². The van der Waals surface area contributed by atoms with Crippen LogP contribution in [0.1, 0.15) is 30.6 Å². The largest absolute Gasteiger partial charge is 0.326 e. The zero-order valence-electron chi connectivity index (χ0n) is 11.7. The molecular weight excluding hydrogens is 280 g/mol. The van der Waals surface area contributed by atoms with Crippen LogP contribution in [0.2, 0.25) is 0 Å². The van der Waals surface area contributed by atoms with Gasteiger partial charge in [-0.1, -0.05) is 12.1 Å². The quantitative estimate of drug-likeness (QED) is 0.811. The molecule has 104 valence electrons. The number of hydrogen-bond donors (Lipinski definition) is 0. The number of imidazole rings is 1. The SMILES string of the molecule is Cc1cccc2c1nc(C(C)Cl)n2CC(C)S(C)=O. The number of aromatic nitrogens is 2. The first-order chi connectivity index (χ1) is 8.91. The third-order valence-corrected chi connectivity index (χ3v) is 4.85. The van der Waals surface area contributed by atoms with Crippen LogP contribution in [0.3, 0.4) is 0 Å². The van der Waals surface area contributed by atoms with Gasteiger partial charge < -0.3 is 4.57 Å². The molecule has 0 aliphatic carbocycles. The lowest BCUT2D eigenvalue weighted by Gasteiger charge is -2.14. The number of benzene rings is 1. The van der Waals surface area contributed by atoms with Crippen molar-refractivity contribution in [3.05, 3.63) is 29.6 Å². The van der Waals surface area contributed by atoms with Gasteiger partial charge in [-0.25, -0.2) is 4.98 Å². The van der Waals surface area contributed by atoms with Crippen LogP contribution in [-0.4, -0.2) is 25.3 Å². The lowest BCUT2D eigenvalue weighted by molar-refractivity contribution is 0.632. The van der Waals surface area contributed by atoms with E-state index >= 15 is 0 Å². The van der Waals surface area contributed by atoms with E-state index < -0.39 is 10.8 Å². The normalized spacial score (nSPS) is 16.5. The summed E-state index contributed by atoms with van der Waals surface area (Å²) in [6.07, 6.45) is 1.73. The van der Waals surface area contributed by atoms with Crippen molar-refractivity contribution in [2.24, 2.45) is 0 Å². The summed E-state index contributed by atoms with van der Waals surface area (Å²) in [6.45, 7) is 6.63. The summed E-state index contributed by atoms with van der Waals surface area (Å²) < 4.78 is 13.7. The number of para-hydroxylation sites is 1.